The average Bonchev–Trinajstić information content (AvgIpc) is 2.18. The maximum absolute atomic E-state index is 10.8. The molecular weight excluding hydrogens is 258 g/mol. The Balaban J connectivity index is 3.37. The Hall–Kier alpha value is -1.60. The fraction of sp³-hybridized carbons (Fsp3) is 0.0909. The second-order valence-electron chi connectivity index (χ2n) is 2.89. The molecule has 4 heteroatoms. The fourth-order valence-corrected chi connectivity index (χ4v) is 1.84. The van der Waals surface area contributed by atoms with Crippen LogP contribution in [0.25, 0.3) is 9.33 Å². The molecular formula is C11H8BrNO2. The molecule has 0 atom stereocenters. The lowest BCUT2D eigenvalue weighted by molar-refractivity contribution is -0.132. The number of carboxylic acid groups (broad SMARTS) is 1. The first-order chi connectivity index (χ1) is 7.07. The van der Waals surface area contributed by atoms with Crippen molar-refractivity contribution in [2.75, 3.05) is 0 Å². The third-order valence-corrected chi connectivity index (χ3v) is 2.71. The number of hydrogen-bond acceptors (Lipinski definition) is 1. The number of rotatable bonds is 2. The van der Waals surface area contributed by atoms with E-state index in [1.165, 1.54) is 0 Å². The third kappa shape index (κ3) is 2.45. The third-order valence-electron chi connectivity index (χ3n) is 1.90. The van der Waals surface area contributed by atoms with Crippen LogP contribution in [0, 0.1) is 13.5 Å². The van der Waals surface area contributed by atoms with Crippen LogP contribution in [0.15, 0.2) is 30.0 Å². The highest BCUT2D eigenvalue weighted by Gasteiger charge is 2.15. The molecule has 1 aromatic carbocycles. The minimum absolute atomic E-state index is 0.302. The van der Waals surface area contributed by atoms with Crippen LogP contribution in [0.4, 0.5) is 0 Å². The first-order valence-corrected chi connectivity index (χ1v) is 4.93. The lowest BCUT2D eigenvalue weighted by atomic mass is 10.1. The normalized spacial score (nSPS) is 11.5. The molecule has 0 spiro atoms. The summed E-state index contributed by atoms with van der Waals surface area (Å²) in [6.45, 7) is 8.66. The van der Waals surface area contributed by atoms with E-state index < -0.39 is 5.97 Å². The standard InChI is InChI=1S/C11H8BrNO2/c1-7-5-3-4-6-8(7)9(12)10(13-2)11(14)15/h3-6H,1H3,(H,14,15). The molecule has 0 fully saturated rings. The second kappa shape index (κ2) is 4.76. The van der Waals surface area contributed by atoms with Crippen molar-refractivity contribution in [1.29, 1.82) is 0 Å². The summed E-state index contributed by atoms with van der Waals surface area (Å²) in [6, 6.07) is 7.29. The molecule has 1 N–H and O–H groups in total. The minimum atomic E-state index is -1.22. The molecule has 0 aliphatic carbocycles. The van der Waals surface area contributed by atoms with Crippen molar-refractivity contribution in [2.24, 2.45) is 0 Å². The van der Waals surface area contributed by atoms with Gasteiger partial charge in [-0.2, -0.15) is 0 Å². The van der Waals surface area contributed by atoms with Crippen molar-refractivity contribution >= 4 is 26.4 Å². The van der Waals surface area contributed by atoms with Gasteiger partial charge < -0.3 is 5.11 Å². The Morgan fingerprint density at radius 2 is 2.07 bits per heavy atom. The van der Waals surface area contributed by atoms with Gasteiger partial charge in [0.15, 0.2) is 0 Å². The molecule has 15 heavy (non-hydrogen) atoms. The summed E-state index contributed by atoms with van der Waals surface area (Å²) in [5, 5.41) is 8.79. The summed E-state index contributed by atoms with van der Waals surface area (Å²) in [4.78, 5) is 13.7. The van der Waals surface area contributed by atoms with E-state index in [4.69, 9.17) is 11.7 Å². The van der Waals surface area contributed by atoms with Crippen LogP contribution in [0.1, 0.15) is 11.1 Å². The first-order valence-electron chi connectivity index (χ1n) is 4.14. The van der Waals surface area contributed by atoms with Gasteiger partial charge >= 0.3 is 5.97 Å². The van der Waals surface area contributed by atoms with E-state index in [9.17, 15) is 4.79 Å². The van der Waals surface area contributed by atoms with E-state index in [-0.39, 0.29) is 5.70 Å². The predicted molar refractivity (Wildman–Crippen MR) is 61.3 cm³/mol. The van der Waals surface area contributed by atoms with Crippen LogP contribution in [0.3, 0.4) is 0 Å². The molecule has 0 saturated heterocycles. The summed E-state index contributed by atoms with van der Waals surface area (Å²) in [5.74, 6) is -1.22. The Kier molecular flexibility index (Phi) is 3.64. The number of carboxylic acids is 1. The molecule has 0 saturated carbocycles. The van der Waals surface area contributed by atoms with Gasteiger partial charge in [0.25, 0.3) is 5.70 Å². The monoisotopic (exact) mass is 265 g/mol. The zero-order valence-electron chi connectivity index (χ0n) is 7.99. The predicted octanol–water partition coefficient (Wildman–Crippen LogP) is 3.06. The van der Waals surface area contributed by atoms with Gasteiger partial charge in [-0.05, 0) is 18.1 Å². The Labute approximate surface area is 96.0 Å². The van der Waals surface area contributed by atoms with E-state index >= 15 is 0 Å². The highest BCUT2D eigenvalue weighted by atomic mass is 79.9. The van der Waals surface area contributed by atoms with Crippen molar-refractivity contribution in [2.45, 2.75) is 6.92 Å². The summed E-state index contributed by atoms with van der Waals surface area (Å²) in [7, 11) is 0. The molecule has 3 nitrogen and oxygen atoms in total. The topological polar surface area (TPSA) is 41.7 Å². The van der Waals surface area contributed by atoms with Crippen molar-refractivity contribution in [3.63, 3.8) is 0 Å². The van der Waals surface area contributed by atoms with E-state index in [1.807, 2.05) is 19.1 Å². The molecule has 1 rings (SSSR count). The maximum atomic E-state index is 10.8. The number of hydrogen-bond donors (Lipinski definition) is 1. The number of halogens is 1. The average molecular weight is 266 g/mol. The largest absolute Gasteiger partial charge is 0.486 e. The number of benzene rings is 1. The van der Waals surface area contributed by atoms with E-state index in [0.717, 1.165) is 11.1 Å². The lowest BCUT2D eigenvalue weighted by Gasteiger charge is -2.04. The van der Waals surface area contributed by atoms with Crippen LogP contribution in [0.5, 0.6) is 0 Å². The van der Waals surface area contributed by atoms with Crippen LogP contribution in [0.2, 0.25) is 0 Å². The highest BCUT2D eigenvalue weighted by Crippen LogP contribution is 2.28. The van der Waals surface area contributed by atoms with Gasteiger partial charge in [-0.3, -0.25) is 4.79 Å². The first kappa shape index (κ1) is 11.5. The number of nitrogens with zero attached hydrogens (tertiary/aromatic N) is 1. The Morgan fingerprint density at radius 1 is 1.47 bits per heavy atom. The molecule has 0 bridgehead atoms. The highest BCUT2D eigenvalue weighted by molar-refractivity contribution is 9.15. The molecule has 76 valence electrons. The Morgan fingerprint density at radius 3 is 2.53 bits per heavy atom. The van der Waals surface area contributed by atoms with Crippen LogP contribution in [-0.2, 0) is 4.79 Å². The van der Waals surface area contributed by atoms with Gasteiger partial charge in [-0.25, -0.2) is 4.85 Å². The van der Waals surface area contributed by atoms with Crippen molar-refractivity contribution in [3.8, 4) is 0 Å². The zero-order valence-corrected chi connectivity index (χ0v) is 9.58. The number of aliphatic carboxylic acids is 1. The van der Waals surface area contributed by atoms with Gasteiger partial charge in [0, 0.05) is 4.48 Å². The van der Waals surface area contributed by atoms with Gasteiger partial charge in [0.05, 0.1) is 6.57 Å². The van der Waals surface area contributed by atoms with E-state index in [0.29, 0.717) is 4.48 Å². The van der Waals surface area contributed by atoms with Crippen molar-refractivity contribution < 1.29 is 9.90 Å². The molecule has 0 unspecified atom stereocenters. The molecule has 0 aliphatic heterocycles. The van der Waals surface area contributed by atoms with Crippen LogP contribution < -0.4 is 0 Å². The molecule has 1 aromatic rings. The molecule has 0 aromatic heterocycles. The molecule has 0 amide bonds. The maximum Gasteiger partial charge on any atom is 0.335 e. The number of carbonyl (C=O) groups is 1. The van der Waals surface area contributed by atoms with Crippen molar-refractivity contribution in [3.05, 3.63) is 52.5 Å². The SMILES string of the molecule is [C-]#[N+]C(C(=O)O)=C(Br)c1ccccc1C. The van der Waals surface area contributed by atoms with E-state index in [1.54, 1.807) is 12.1 Å². The fourth-order valence-electron chi connectivity index (χ4n) is 1.14. The van der Waals surface area contributed by atoms with E-state index in [2.05, 4.69) is 20.8 Å². The summed E-state index contributed by atoms with van der Waals surface area (Å²) >= 11 is 3.15. The van der Waals surface area contributed by atoms with Gasteiger partial charge in [-0.15, -0.1) is 0 Å². The van der Waals surface area contributed by atoms with Gasteiger partial charge in [-0.1, -0.05) is 40.2 Å². The second-order valence-corrected chi connectivity index (χ2v) is 3.69. The smallest absolute Gasteiger partial charge is 0.335 e. The molecule has 0 aliphatic rings. The Bertz CT molecular complexity index is 472. The quantitative estimate of drug-likeness (QED) is 0.660. The van der Waals surface area contributed by atoms with Crippen LogP contribution >= 0.6 is 15.9 Å². The molecule has 0 heterocycles. The number of aryl methyl sites for hydroxylation is 1. The summed E-state index contributed by atoms with van der Waals surface area (Å²) in [5.41, 5.74) is 1.35. The van der Waals surface area contributed by atoms with Gasteiger partial charge in [0.2, 0.25) is 0 Å². The van der Waals surface area contributed by atoms with Crippen LogP contribution in [-0.4, -0.2) is 11.1 Å². The van der Waals surface area contributed by atoms with Crippen molar-refractivity contribution in [1.82, 2.24) is 0 Å². The summed E-state index contributed by atoms with van der Waals surface area (Å²) < 4.78 is 0.322. The lowest BCUT2D eigenvalue weighted by Crippen LogP contribution is -1.98. The summed E-state index contributed by atoms with van der Waals surface area (Å²) in [6.07, 6.45) is 0. The molecule has 0 radical (unpaired) electrons. The minimum Gasteiger partial charge on any atom is -0.486 e. The van der Waals surface area contributed by atoms with Gasteiger partial charge in [0.1, 0.15) is 0 Å². The zero-order chi connectivity index (χ0) is 11.4.